The average molecular weight is 306 g/mol. The molecule has 21 heavy (non-hydrogen) atoms. The first-order chi connectivity index (χ1) is 10.2. The lowest BCUT2D eigenvalue weighted by Crippen LogP contribution is -2.14. The lowest BCUT2D eigenvalue weighted by Gasteiger charge is -2.26. The molecule has 2 N–H and O–H groups in total. The normalized spacial score (nSPS) is 22.5. The fourth-order valence-corrected chi connectivity index (χ4v) is 3.74. The number of anilines is 1. The molecule has 1 saturated carbocycles. The molecular formula is C15H22N4OS. The van der Waals surface area contributed by atoms with Gasteiger partial charge in [0.15, 0.2) is 11.0 Å². The quantitative estimate of drug-likeness (QED) is 0.909. The highest BCUT2D eigenvalue weighted by molar-refractivity contribution is 7.13. The Morgan fingerprint density at radius 2 is 2.10 bits per heavy atom. The van der Waals surface area contributed by atoms with Crippen LogP contribution < -0.4 is 5.73 Å². The van der Waals surface area contributed by atoms with Crippen molar-refractivity contribution >= 4 is 16.5 Å². The van der Waals surface area contributed by atoms with Gasteiger partial charge in [0.25, 0.3) is 0 Å². The largest absolute Gasteiger partial charge is 0.375 e. The van der Waals surface area contributed by atoms with Gasteiger partial charge >= 0.3 is 0 Å². The number of rotatable bonds is 5. The minimum atomic E-state index is 0.469. The van der Waals surface area contributed by atoms with Crippen LogP contribution in [0.1, 0.15) is 68.8 Å². The van der Waals surface area contributed by atoms with E-state index in [4.69, 9.17) is 10.3 Å². The van der Waals surface area contributed by atoms with Crippen LogP contribution in [0.25, 0.3) is 0 Å². The molecule has 0 radical (unpaired) electrons. The molecule has 1 aliphatic carbocycles. The number of thiazole rings is 1. The molecule has 2 aromatic rings. The SMILES string of the molecule is CCCC1CCC(c2noc(Cc3csc(N)n3)n2)CC1. The molecule has 3 rings (SSSR count). The summed E-state index contributed by atoms with van der Waals surface area (Å²) < 4.78 is 5.37. The zero-order chi connectivity index (χ0) is 14.7. The van der Waals surface area contributed by atoms with Crippen LogP contribution in [0.2, 0.25) is 0 Å². The van der Waals surface area contributed by atoms with Crippen molar-refractivity contribution in [3.05, 3.63) is 22.8 Å². The summed E-state index contributed by atoms with van der Waals surface area (Å²) in [5, 5.41) is 6.69. The first-order valence-electron chi connectivity index (χ1n) is 7.77. The molecule has 0 aliphatic heterocycles. The van der Waals surface area contributed by atoms with Crippen LogP contribution in [0.3, 0.4) is 0 Å². The van der Waals surface area contributed by atoms with E-state index in [1.807, 2.05) is 5.38 Å². The lowest BCUT2D eigenvalue weighted by molar-refractivity contribution is 0.295. The third-order valence-corrected chi connectivity index (χ3v) is 5.02. The van der Waals surface area contributed by atoms with E-state index in [1.54, 1.807) is 0 Å². The van der Waals surface area contributed by atoms with Gasteiger partial charge in [-0.3, -0.25) is 0 Å². The number of hydrogen-bond acceptors (Lipinski definition) is 6. The second-order valence-electron chi connectivity index (χ2n) is 5.91. The van der Waals surface area contributed by atoms with Crippen molar-refractivity contribution in [1.82, 2.24) is 15.1 Å². The van der Waals surface area contributed by atoms with E-state index in [0.717, 1.165) is 17.4 Å². The first kappa shape index (κ1) is 14.5. The van der Waals surface area contributed by atoms with Gasteiger partial charge in [-0.2, -0.15) is 4.98 Å². The van der Waals surface area contributed by atoms with Gasteiger partial charge in [0, 0.05) is 11.3 Å². The van der Waals surface area contributed by atoms with Crippen LogP contribution >= 0.6 is 11.3 Å². The fraction of sp³-hybridized carbons (Fsp3) is 0.667. The van der Waals surface area contributed by atoms with Crippen LogP contribution in [-0.4, -0.2) is 15.1 Å². The zero-order valence-corrected chi connectivity index (χ0v) is 13.2. The Morgan fingerprint density at radius 3 is 2.76 bits per heavy atom. The van der Waals surface area contributed by atoms with E-state index in [-0.39, 0.29) is 0 Å². The van der Waals surface area contributed by atoms with Crippen molar-refractivity contribution in [1.29, 1.82) is 0 Å². The number of nitrogens with zero attached hydrogens (tertiary/aromatic N) is 3. The van der Waals surface area contributed by atoms with Crippen molar-refractivity contribution in [2.75, 3.05) is 5.73 Å². The van der Waals surface area contributed by atoms with Crippen LogP contribution in [0.4, 0.5) is 5.13 Å². The zero-order valence-electron chi connectivity index (χ0n) is 12.4. The third kappa shape index (κ3) is 3.61. The third-order valence-electron chi connectivity index (χ3n) is 4.29. The van der Waals surface area contributed by atoms with Gasteiger partial charge in [-0.05, 0) is 31.6 Å². The highest BCUT2D eigenvalue weighted by Gasteiger charge is 2.25. The van der Waals surface area contributed by atoms with E-state index in [9.17, 15) is 0 Å². The number of nitrogen functional groups attached to an aromatic ring is 1. The van der Waals surface area contributed by atoms with E-state index >= 15 is 0 Å². The number of aromatic nitrogens is 3. The number of nitrogens with two attached hydrogens (primary N) is 1. The Balaban J connectivity index is 1.58. The molecule has 2 aromatic heterocycles. The Morgan fingerprint density at radius 1 is 1.29 bits per heavy atom. The molecular weight excluding hydrogens is 284 g/mol. The van der Waals surface area contributed by atoms with Crippen molar-refractivity contribution in [3.8, 4) is 0 Å². The summed E-state index contributed by atoms with van der Waals surface area (Å²) in [7, 11) is 0. The smallest absolute Gasteiger partial charge is 0.232 e. The maximum atomic E-state index is 5.63. The number of hydrogen-bond donors (Lipinski definition) is 1. The maximum absolute atomic E-state index is 5.63. The molecule has 6 heteroatoms. The molecule has 0 spiro atoms. The molecule has 0 amide bonds. The van der Waals surface area contributed by atoms with Crippen LogP contribution in [-0.2, 0) is 6.42 Å². The van der Waals surface area contributed by atoms with Crippen molar-refractivity contribution in [2.24, 2.45) is 5.92 Å². The molecule has 0 atom stereocenters. The van der Waals surface area contributed by atoms with E-state index in [1.165, 1.54) is 49.9 Å². The molecule has 5 nitrogen and oxygen atoms in total. The average Bonchev–Trinajstić information content (AvgIpc) is 3.10. The fourth-order valence-electron chi connectivity index (χ4n) is 3.18. The summed E-state index contributed by atoms with van der Waals surface area (Å²) >= 11 is 1.44. The van der Waals surface area contributed by atoms with E-state index in [2.05, 4.69) is 22.0 Å². The van der Waals surface area contributed by atoms with Crippen LogP contribution in [0.5, 0.6) is 0 Å². The van der Waals surface area contributed by atoms with Gasteiger partial charge in [-0.15, -0.1) is 11.3 Å². The Kier molecular flexibility index (Phi) is 4.53. The molecule has 2 heterocycles. The molecule has 1 aliphatic rings. The second kappa shape index (κ2) is 6.56. The minimum Gasteiger partial charge on any atom is -0.375 e. The van der Waals surface area contributed by atoms with E-state index in [0.29, 0.717) is 23.4 Å². The van der Waals surface area contributed by atoms with Gasteiger partial charge in [0.1, 0.15) is 0 Å². The summed E-state index contributed by atoms with van der Waals surface area (Å²) in [6.07, 6.45) is 8.19. The highest BCUT2D eigenvalue weighted by atomic mass is 32.1. The highest BCUT2D eigenvalue weighted by Crippen LogP contribution is 2.36. The molecule has 0 unspecified atom stereocenters. The molecule has 0 saturated heterocycles. The van der Waals surface area contributed by atoms with Gasteiger partial charge in [-0.25, -0.2) is 4.98 Å². The molecule has 0 bridgehead atoms. The minimum absolute atomic E-state index is 0.469. The van der Waals surface area contributed by atoms with Crippen LogP contribution in [0, 0.1) is 5.92 Å². The second-order valence-corrected chi connectivity index (χ2v) is 6.80. The summed E-state index contributed by atoms with van der Waals surface area (Å²) in [6, 6.07) is 0. The Hall–Kier alpha value is -1.43. The van der Waals surface area contributed by atoms with Crippen LogP contribution in [0.15, 0.2) is 9.90 Å². The van der Waals surface area contributed by atoms with Crippen molar-refractivity contribution < 1.29 is 4.52 Å². The predicted octanol–water partition coefficient (Wildman–Crippen LogP) is 3.77. The summed E-state index contributed by atoms with van der Waals surface area (Å²) in [5.74, 6) is 2.89. The predicted molar refractivity (Wildman–Crippen MR) is 83.2 cm³/mol. The maximum Gasteiger partial charge on any atom is 0.232 e. The summed E-state index contributed by atoms with van der Waals surface area (Å²) in [6.45, 7) is 2.27. The van der Waals surface area contributed by atoms with Crippen molar-refractivity contribution in [3.63, 3.8) is 0 Å². The van der Waals surface area contributed by atoms with Crippen molar-refractivity contribution in [2.45, 2.75) is 57.8 Å². The standard InChI is InChI=1S/C15H22N4OS/c1-2-3-10-4-6-11(7-5-10)14-18-13(20-19-14)8-12-9-21-15(16)17-12/h9-11H,2-8H2,1H3,(H2,16,17). The first-order valence-corrected chi connectivity index (χ1v) is 8.65. The molecule has 0 aromatic carbocycles. The monoisotopic (exact) mass is 306 g/mol. The topological polar surface area (TPSA) is 77.8 Å². The van der Waals surface area contributed by atoms with E-state index < -0.39 is 0 Å². The Bertz CT molecular complexity index is 572. The summed E-state index contributed by atoms with van der Waals surface area (Å²) in [4.78, 5) is 8.78. The lowest BCUT2D eigenvalue weighted by atomic mass is 9.80. The Labute approximate surface area is 129 Å². The molecule has 114 valence electrons. The summed E-state index contributed by atoms with van der Waals surface area (Å²) in [5.41, 5.74) is 6.53. The van der Waals surface area contributed by atoms with Gasteiger partial charge < -0.3 is 10.3 Å². The van der Waals surface area contributed by atoms with Gasteiger partial charge in [0.05, 0.1) is 12.1 Å². The van der Waals surface area contributed by atoms with Gasteiger partial charge in [0.2, 0.25) is 5.89 Å². The van der Waals surface area contributed by atoms with Gasteiger partial charge in [-0.1, -0.05) is 24.9 Å². The molecule has 1 fully saturated rings.